The van der Waals surface area contributed by atoms with Crippen LogP contribution in [0.2, 0.25) is 5.02 Å². The molecular formula is C22H26Cl2FN3O2S. The van der Waals surface area contributed by atoms with E-state index in [1.165, 1.54) is 35.6 Å². The standard InChI is InChI=1S/C22H25ClFN3O2S.ClH/c1-4-26(5-2)12-13-27(19(28)14-29-17-9-7-16(24)8-10-17)22-25-20-15(3)6-11-18(23)21(20)30-22;/h6-11H,4-5,12-14H2,1-3H3;1H. The van der Waals surface area contributed by atoms with Crippen molar-refractivity contribution in [3.8, 4) is 5.75 Å². The van der Waals surface area contributed by atoms with Gasteiger partial charge in [-0.1, -0.05) is 42.9 Å². The van der Waals surface area contributed by atoms with Crippen LogP contribution in [-0.2, 0) is 4.79 Å². The lowest BCUT2D eigenvalue weighted by Crippen LogP contribution is -2.41. The van der Waals surface area contributed by atoms with Gasteiger partial charge in [-0.3, -0.25) is 9.69 Å². The van der Waals surface area contributed by atoms with Crippen LogP contribution in [0.4, 0.5) is 9.52 Å². The molecule has 1 heterocycles. The maximum absolute atomic E-state index is 13.1. The van der Waals surface area contributed by atoms with Crippen molar-refractivity contribution >= 4 is 56.6 Å². The number of carbonyl (C=O) groups excluding carboxylic acids is 1. The molecule has 0 aliphatic carbocycles. The van der Waals surface area contributed by atoms with Crippen LogP contribution in [0.1, 0.15) is 19.4 Å². The summed E-state index contributed by atoms with van der Waals surface area (Å²) in [6, 6.07) is 9.38. The number of amides is 1. The highest BCUT2D eigenvalue weighted by Crippen LogP contribution is 2.35. The predicted molar refractivity (Wildman–Crippen MR) is 129 cm³/mol. The SMILES string of the molecule is CCN(CC)CCN(C(=O)COc1ccc(F)cc1)c1nc2c(C)ccc(Cl)c2s1.Cl. The fraction of sp³-hybridized carbons (Fsp3) is 0.364. The second-order valence-corrected chi connectivity index (χ2v) is 8.24. The molecule has 0 saturated heterocycles. The second kappa shape index (κ2) is 11.6. The number of rotatable bonds is 9. The van der Waals surface area contributed by atoms with E-state index in [0.29, 0.717) is 22.4 Å². The van der Waals surface area contributed by atoms with Crippen molar-refractivity contribution in [1.82, 2.24) is 9.88 Å². The molecule has 0 radical (unpaired) electrons. The van der Waals surface area contributed by atoms with Gasteiger partial charge >= 0.3 is 0 Å². The third-order valence-electron chi connectivity index (χ3n) is 4.93. The van der Waals surface area contributed by atoms with Crippen molar-refractivity contribution in [2.24, 2.45) is 0 Å². The molecular weight excluding hydrogens is 460 g/mol. The highest BCUT2D eigenvalue weighted by atomic mass is 35.5. The number of hydrogen-bond donors (Lipinski definition) is 0. The molecule has 3 rings (SSSR count). The van der Waals surface area contributed by atoms with Crippen molar-refractivity contribution in [1.29, 1.82) is 0 Å². The summed E-state index contributed by atoms with van der Waals surface area (Å²) in [7, 11) is 0. The lowest BCUT2D eigenvalue weighted by molar-refractivity contribution is -0.120. The smallest absolute Gasteiger partial charge is 0.266 e. The largest absolute Gasteiger partial charge is 0.484 e. The minimum Gasteiger partial charge on any atom is -0.484 e. The van der Waals surface area contributed by atoms with E-state index in [1.54, 1.807) is 4.90 Å². The minimum atomic E-state index is -0.351. The van der Waals surface area contributed by atoms with Crippen LogP contribution >= 0.6 is 35.3 Å². The van der Waals surface area contributed by atoms with Crippen LogP contribution in [0.15, 0.2) is 36.4 Å². The van der Waals surface area contributed by atoms with E-state index in [4.69, 9.17) is 21.3 Å². The van der Waals surface area contributed by atoms with Crippen molar-refractivity contribution in [3.05, 3.63) is 52.8 Å². The maximum atomic E-state index is 13.1. The molecule has 31 heavy (non-hydrogen) atoms. The summed E-state index contributed by atoms with van der Waals surface area (Å²) < 4.78 is 19.5. The van der Waals surface area contributed by atoms with Gasteiger partial charge < -0.3 is 9.64 Å². The Bertz CT molecular complexity index is 971. The zero-order valence-electron chi connectivity index (χ0n) is 17.7. The molecule has 5 nitrogen and oxygen atoms in total. The lowest BCUT2D eigenvalue weighted by Gasteiger charge is -2.24. The maximum Gasteiger partial charge on any atom is 0.266 e. The van der Waals surface area contributed by atoms with Gasteiger partial charge in [0.25, 0.3) is 5.91 Å². The van der Waals surface area contributed by atoms with Crippen molar-refractivity contribution in [2.75, 3.05) is 37.7 Å². The summed E-state index contributed by atoms with van der Waals surface area (Å²) in [5, 5.41) is 1.22. The average Bonchev–Trinajstić information content (AvgIpc) is 3.20. The highest BCUT2D eigenvalue weighted by molar-refractivity contribution is 7.23. The van der Waals surface area contributed by atoms with Crippen LogP contribution < -0.4 is 9.64 Å². The predicted octanol–water partition coefficient (Wildman–Crippen LogP) is 5.57. The van der Waals surface area contributed by atoms with Gasteiger partial charge in [-0.25, -0.2) is 9.37 Å². The lowest BCUT2D eigenvalue weighted by atomic mass is 10.2. The first-order chi connectivity index (χ1) is 14.4. The molecule has 2 aromatic carbocycles. The third-order valence-corrected chi connectivity index (χ3v) is 6.47. The van der Waals surface area contributed by atoms with Crippen LogP contribution in [0.3, 0.4) is 0 Å². The molecule has 0 aliphatic heterocycles. The summed E-state index contributed by atoms with van der Waals surface area (Å²) in [4.78, 5) is 21.7. The molecule has 3 aromatic rings. The van der Waals surface area contributed by atoms with E-state index in [0.717, 1.165) is 35.4 Å². The summed E-state index contributed by atoms with van der Waals surface area (Å²) >= 11 is 7.76. The summed E-state index contributed by atoms with van der Waals surface area (Å²) in [6.45, 7) is 9.00. The number of aryl methyl sites for hydroxylation is 1. The zero-order valence-corrected chi connectivity index (χ0v) is 20.1. The molecule has 0 aliphatic rings. The summed E-state index contributed by atoms with van der Waals surface area (Å²) in [5.41, 5.74) is 1.82. The molecule has 9 heteroatoms. The van der Waals surface area contributed by atoms with Gasteiger partial charge in [0, 0.05) is 13.1 Å². The van der Waals surface area contributed by atoms with Gasteiger partial charge in [-0.15, -0.1) is 12.4 Å². The second-order valence-electron chi connectivity index (χ2n) is 6.85. The minimum absolute atomic E-state index is 0. The van der Waals surface area contributed by atoms with E-state index in [-0.39, 0.29) is 30.7 Å². The van der Waals surface area contributed by atoms with Gasteiger partial charge in [0.1, 0.15) is 11.6 Å². The van der Waals surface area contributed by atoms with E-state index >= 15 is 0 Å². The third kappa shape index (κ3) is 6.29. The number of ether oxygens (including phenoxy) is 1. The monoisotopic (exact) mass is 485 g/mol. The summed E-state index contributed by atoms with van der Waals surface area (Å²) in [6.07, 6.45) is 0. The quantitative estimate of drug-likeness (QED) is 0.397. The molecule has 0 unspecified atom stereocenters. The molecule has 0 saturated carbocycles. The molecule has 1 aromatic heterocycles. The number of nitrogens with zero attached hydrogens (tertiary/aromatic N) is 3. The van der Waals surface area contributed by atoms with Crippen LogP contribution in [0.25, 0.3) is 10.2 Å². The molecule has 0 spiro atoms. The molecule has 168 valence electrons. The van der Waals surface area contributed by atoms with Crippen molar-refractivity contribution < 1.29 is 13.9 Å². The molecule has 0 fully saturated rings. The number of hydrogen-bond acceptors (Lipinski definition) is 5. The fourth-order valence-electron chi connectivity index (χ4n) is 3.07. The van der Waals surface area contributed by atoms with Gasteiger partial charge in [-0.2, -0.15) is 0 Å². The number of anilines is 1. The van der Waals surface area contributed by atoms with Crippen molar-refractivity contribution in [3.63, 3.8) is 0 Å². The van der Waals surface area contributed by atoms with Gasteiger partial charge in [-0.05, 0) is 55.9 Å². The fourth-order valence-corrected chi connectivity index (χ4v) is 4.43. The first kappa shape index (κ1) is 25.3. The van der Waals surface area contributed by atoms with E-state index < -0.39 is 0 Å². The first-order valence-corrected chi connectivity index (χ1v) is 11.1. The Labute approximate surface area is 197 Å². The van der Waals surface area contributed by atoms with Crippen LogP contribution in [-0.4, -0.2) is 48.6 Å². The van der Waals surface area contributed by atoms with Gasteiger partial charge in [0.05, 0.1) is 15.2 Å². The topological polar surface area (TPSA) is 45.7 Å². The summed E-state index contributed by atoms with van der Waals surface area (Å²) in [5.74, 6) is -0.118. The highest BCUT2D eigenvalue weighted by Gasteiger charge is 2.22. The normalized spacial score (nSPS) is 10.9. The Kier molecular flexibility index (Phi) is 9.50. The van der Waals surface area contributed by atoms with Gasteiger partial charge in [0.15, 0.2) is 11.7 Å². The Morgan fingerprint density at radius 1 is 1.13 bits per heavy atom. The Morgan fingerprint density at radius 2 is 1.81 bits per heavy atom. The number of benzene rings is 2. The molecule has 0 bridgehead atoms. The number of fused-ring (bicyclic) bond motifs is 1. The number of aromatic nitrogens is 1. The molecule has 1 amide bonds. The van der Waals surface area contributed by atoms with E-state index in [2.05, 4.69) is 18.7 Å². The van der Waals surface area contributed by atoms with Crippen molar-refractivity contribution in [2.45, 2.75) is 20.8 Å². The Morgan fingerprint density at radius 3 is 2.42 bits per heavy atom. The van der Waals surface area contributed by atoms with Crippen LogP contribution in [0.5, 0.6) is 5.75 Å². The first-order valence-electron chi connectivity index (χ1n) is 9.89. The van der Waals surface area contributed by atoms with Crippen LogP contribution in [0, 0.1) is 12.7 Å². The molecule has 0 atom stereocenters. The zero-order chi connectivity index (χ0) is 21.7. The average molecular weight is 486 g/mol. The number of halogens is 3. The number of likely N-dealkylation sites (N-methyl/N-ethyl adjacent to an activating group) is 1. The Hall–Kier alpha value is -1.93. The Balaban J connectivity index is 0.00000341. The van der Waals surface area contributed by atoms with E-state index in [9.17, 15) is 9.18 Å². The van der Waals surface area contributed by atoms with E-state index in [1.807, 2.05) is 19.1 Å². The molecule has 0 N–H and O–H groups in total. The number of carbonyl (C=O) groups is 1. The number of thiazole rings is 1. The van der Waals surface area contributed by atoms with Gasteiger partial charge in [0.2, 0.25) is 0 Å².